The smallest absolute Gasteiger partial charge is 0.0843 e. The van der Waals surface area contributed by atoms with Gasteiger partial charge in [-0.25, -0.2) is 0 Å². The molecule has 0 spiro atoms. The van der Waals surface area contributed by atoms with Crippen molar-refractivity contribution < 1.29 is 0 Å². The van der Waals surface area contributed by atoms with E-state index in [9.17, 15) is 0 Å². The summed E-state index contributed by atoms with van der Waals surface area (Å²) in [5.41, 5.74) is 0.419. The third-order valence-corrected chi connectivity index (χ3v) is 7.08. The second kappa shape index (κ2) is 6.53. The molecule has 0 nitrogen and oxygen atoms in total. The summed E-state index contributed by atoms with van der Waals surface area (Å²) >= 11 is 12.7. The first kappa shape index (κ1) is 16.2. The van der Waals surface area contributed by atoms with Crippen LogP contribution < -0.4 is 0 Å². The molecule has 0 fully saturated rings. The highest BCUT2D eigenvalue weighted by Crippen LogP contribution is 2.42. The van der Waals surface area contributed by atoms with Crippen LogP contribution in [0.1, 0.15) is 50.2 Å². The van der Waals surface area contributed by atoms with E-state index in [1.165, 1.54) is 21.5 Å². The molecule has 0 aliphatic heterocycles. The van der Waals surface area contributed by atoms with Gasteiger partial charge in [-0.2, -0.15) is 0 Å². The van der Waals surface area contributed by atoms with Crippen LogP contribution >= 0.6 is 59.1 Å². The van der Waals surface area contributed by atoms with E-state index in [1.807, 2.05) is 0 Å². The van der Waals surface area contributed by atoms with Gasteiger partial charge in [0.15, 0.2) is 0 Å². The van der Waals surface area contributed by atoms with Gasteiger partial charge in [0.05, 0.1) is 3.79 Å². The Labute approximate surface area is 134 Å². The molecule has 1 rings (SSSR count). The number of rotatable bonds is 4. The topological polar surface area (TPSA) is 0 Å². The van der Waals surface area contributed by atoms with Gasteiger partial charge in [-0.05, 0) is 62.1 Å². The molecule has 0 aliphatic carbocycles. The number of hydrogen-bond acceptors (Lipinski definition) is 1. The summed E-state index contributed by atoms with van der Waals surface area (Å²) in [5, 5.41) is 0. The fraction of sp³-hybridized carbons (Fsp3) is 0.692. The Hall–Kier alpha value is 1.14. The number of halogens is 3. The number of hydrogen-bond donors (Lipinski definition) is 0. The molecule has 4 heteroatoms. The highest BCUT2D eigenvalue weighted by molar-refractivity contribution is 9.13. The Balaban J connectivity index is 2.57. The van der Waals surface area contributed by atoms with Gasteiger partial charge in [-0.1, -0.05) is 43.6 Å². The third kappa shape index (κ3) is 5.75. The van der Waals surface area contributed by atoms with E-state index in [1.54, 1.807) is 11.3 Å². The monoisotopic (exact) mass is 444 g/mol. The minimum atomic E-state index is 0.419. The zero-order valence-electron chi connectivity index (χ0n) is 10.7. The highest BCUT2D eigenvalue weighted by Gasteiger charge is 2.20. The fourth-order valence-corrected chi connectivity index (χ4v) is 5.25. The molecule has 0 N–H and O–H groups in total. The first-order chi connectivity index (χ1) is 7.69. The quantitative estimate of drug-likeness (QED) is 0.430. The van der Waals surface area contributed by atoms with Gasteiger partial charge in [0.2, 0.25) is 0 Å². The molecule has 0 aliphatic rings. The average molecular weight is 447 g/mol. The molecule has 2 atom stereocenters. The van der Waals surface area contributed by atoms with Crippen LogP contribution in [0.4, 0.5) is 0 Å². The van der Waals surface area contributed by atoms with Gasteiger partial charge in [-0.3, -0.25) is 0 Å². The van der Waals surface area contributed by atoms with Crippen LogP contribution in [-0.2, 0) is 0 Å². The molecular formula is C13H19Br3S. The lowest BCUT2D eigenvalue weighted by molar-refractivity contribution is 0.297. The van der Waals surface area contributed by atoms with E-state index in [4.69, 9.17) is 0 Å². The lowest BCUT2D eigenvalue weighted by Gasteiger charge is -2.24. The number of alkyl halides is 1. The van der Waals surface area contributed by atoms with Crippen molar-refractivity contribution in [2.24, 2.45) is 11.3 Å². The molecule has 0 amide bonds. The summed E-state index contributed by atoms with van der Waals surface area (Å²) in [6, 6.07) is 2.21. The minimum absolute atomic E-state index is 0.419. The lowest BCUT2D eigenvalue weighted by Crippen LogP contribution is -2.12. The fourth-order valence-electron chi connectivity index (χ4n) is 2.12. The molecule has 98 valence electrons. The highest BCUT2D eigenvalue weighted by atomic mass is 79.9. The maximum Gasteiger partial charge on any atom is 0.0843 e. The van der Waals surface area contributed by atoms with Crippen molar-refractivity contribution in [2.75, 3.05) is 0 Å². The van der Waals surface area contributed by atoms with E-state index in [-0.39, 0.29) is 0 Å². The van der Waals surface area contributed by atoms with E-state index in [0.29, 0.717) is 10.2 Å². The van der Waals surface area contributed by atoms with Gasteiger partial charge in [0.1, 0.15) is 0 Å². The van der Waals surface area contributed by atoms with Crippen LogP contribution in [0.5, 0.6) is 0 Å². The van der Waals surface area contributed by atoms with E-state index in [0.717, 1.165) is 10.4 Å². The predicted molar refractivity (Wildman–Crippen MR) is 89.2 cm³/mol. The molecule has 0 saturated carbocycles. The third-order valence-electron chi connectivity index (χ3n) is 2.54. The minimum Gasteiger partial charge on any atom is -0.131 e. The molecule has 0 saturated heterocycles. The first-order valence-electron chi connectivity index (χ1n) is 5.78. The lowest BCUT2D eigenvalue weighted by atomic mass is 9.83. The Kier molecular flexibility index (Phi) is 6.23. The van der Waals surface area contributed by atoms with Crippen molar-refractivity contribution in [1.29, 1.82) is 0 Å². The van der Waals surface area contributed by atoms with Crippen LogP contribution in [0.2, 0.25) is 0 Å². The van der Waals surface area contributed by atoms with Crippen molar-refractivity contribution in [3.8, 4) is 0 Å². The summed E-state index contributed by atoms with van der Waals surface area (Å²) in [6.07, 6.45) is 2.46. The molecule has 0 bridgehead atoms. The number of thiophene rings is 1. The Morgan fingerprint density at radius 2 is 1.88 bits per heavy atom. The van der Waals surface area contributed by atoms with Gasteiger partial charge < -0.3 is 0 Å². The van der Waals surface area contributed by atoms with E-state index in [2.05, 4.69) is 81.6 Å². The second-order valence-electron chi connectivity index (χ2n) is 5.84. The standard InChI is InChI=1S/C13H19Br3S/c1-8(7-13(2,3)4)5-9(14)11-6-10(15)12(16)17-11/h6,8-9H,5,7H2,1-4H3. The Morgan fingerprint density at radius 3 is 2.29 bits per heavy atom. The average Bonchev–Trinajstić information content (AvgIpc) is 2.43. The summed E-state index contributed by atoms with van der Waals surface area (Å²) in [4.78, 5) is 1.86. The second-order valence-corrected chi connectivity index (χ2v) is 10.2. The van der Waals surface area contributed by atoms with Gasteiger partial charge >= 0.3 is 0 Å². The predicted octanol–water partition coefficient (Wildman–Crippen LogP) is 7.17. The maximum absolute atomic E-state index is 3.81. The molecule has 2 unspecified atom stereocenters. The molecule has 0 aromatic carbocycles. The van der Waals surface area contributed by atoms with Crippen LogP contribution in [0.3, 0.4) is 0 Å². The van der Waals surface area contributed by atoms with Crippen molar-refractivity contribution in [3.05, 3.63) is 19.2 Å². The molecule has 1 aromatic rings. The van der Waals surface area contributed by atoms with E-state index < -0.39 is 0 Å². The van der Waals surface area contributed by atoms with Crippen molar-refractivity contribution in [2.45, 2.75) is 45.4 Å². The van der Waals surface area contributed by atoms with Gasteiger partial charge in [0.25, 0.3) is 0 Å². The summed E-state index contributed by atoms with van der Waals surface area (Å²) < 4.78 is 2.34. The molecule has 17 heavy (non-hydrogen) atoms. The SMILES string of the molecule is CC(CC(Br)c1cc(Br)c(Br)s1)CC(C)(C)C. The summed E-state index contributed by atoms with van der Waals surface area (Å²) in [7, 11) is 0. The van der Waals surface area contributed by atoms with Crippen LogP contribution in [0, 0.1) is 11.3 Å². The zero-order valence-corrected chi connectivity index (χ0v) is 16.3. The first-order valence-corrected chi connectivity index (χ1v) is 9.09. The van der Waals surface area contributed by atoms with Crippen LogP contribution in [0.25, 0.3) is 0 Å². The molecule has 0 radical (unpaired) electrons. The summed E-state index contributed by atoms with van der Waals surface area (Å²) in [6.45, 7) is 9.28. The van der Waals surface area contributed by atoms with Crippen LogP contribution in [0.15, 0.2) is 14.3 Å². The molecule has 1 aromatic heterocycles. The largest absolute Gasteiger partial charge is 0.131 e. The molecule has 1 heterocycles. The Morgan fingerprint density at radius 1 is 1.29 bits per heavy atom. The normalized spacial score (nSPS) is 15.9. The van der Waals surface area contributed by atoms with Gasteiger partial charge in [-0.15, -0.1) is 11.3 Å². The van der Waals surface area contributed by atoms with Gasteiger partial charge in [0, 0.05) is 14.2 Å². The van der Waals surface area contributed by atoms with Crippen molar-refractivity contribution in [3.63, 3.8) is 0 Å². The Bertz CT molecular complexity index is 346. The van der Waals surface area contributed by atoms with Crippen LogP contribution in [-0.4, -0.2) is 0 Å². The van der Waals surface area contributed by atoms with Crippen molar-refractivity contribution in [1.82, 2.24) is 0 Å². The zero-order chi connectivity index (χ0) is 13.2. The maximum atomic E-state index is 3.81. The van der Waals surface area contributed by atoms with Crippen molar-refractivity contribution >= 4 is 59.1 Å². The van der Waals surface area contributed by atoms with E-state index >= 15 is 0 Å². The summed E-state index contributed by atoms with van der Waals surface area (Å²) in [5.74, 6) is 0.735. The molecular weight excluding hydrogens is 428 g/mol.